The van der Waals surface area contributed by atoms with E-state index in [0.29, 0.717) is 0 Å². The molecule has 3 nitrogen and oxygen atoms in total. The van der Waals surface area contributed by atoms with Crippen LogP contribution in [0.3, 0.4) is 0 Å². The Morgan fingerprint density at radius 3 is 2.56 bits per heavy atom. The standard InChI is InChI=1S/C11H11NO.C4H10O/c1-2-9-4-3-5-10(6-9)11-7-12-13-8-11;1-3-4-5-2/h3-8H,2H2,1H3;3-4H2,1-2H3. The molecule has 0 amide bonds. The van der Waals surface area contributed by atoms with E-state index < -0.39 is 0 Å². The van der Waals surface area contributed by atoms with Gasteiger partial charge in [0.05, 0.1) is 6.20 Å². The summed E-state index contributed by atoms with van der Waals surface area (Å²) >= 11 is 0. The second-order valence-corrected chi connectivity index (χ2v) is 3.96. The molecule has 2 rings (SSSR count). The minimum absolute atomic E-state index is 0.889. The van der Waals surface area contributed by atoms with E-state index in [0.717, 1.165) is 25.0 Å². The van der Waals surface area contributed by atoms with Gasteiger partial charge in [-0.3, -0.25) is 0 Å². The third kappa shape index (κ3) is 4.72. The van der Waals surface area contributed by atoms with Crippen LogP contribution in [0.15, 0.2) is 41.2 Å². The first-order chi connectivity index (χ1) is 8.81. The van der Waals surface area contributed by atoms with Crippen molar-refractivity contribution in [3.63, 3.8) is 0 Å². The van der Waals surface area contributed by atoms with E-state index in [-0.39, 0.29) is 0 Å². The Balaban J connectivity index is 0.000000280. The highest BCUT2D eigenvalue weighted by Crippen LogP contribution is 2.19. The number of hydrogen-bond acceptors (Lipinski definition) is 3. The number of rotatable bonds is 4. The predicted octanol–water partition coefficient (Wildman–Crippen LogP) is 3.95. The summed E-state index contributed by atoms with van der Waals surface area (Å²) in [7, 11) is 1.71. The molecule has 0 fully saturated rings. The van der Waals surface area contributed by atoms with Gasteiger partial charge in [-0.1, -0.05) is 43.3 Å². The fourth-order valence-electron chi connectivity index (χ4n) is 1.52. The van der Waals surface area contributed by atoms with E-state index in [1.165, 1.54) is 11.1 Å². The number of aryl methyl sites for hydroxylation is 1. The van der Waals surface area contributed by atoms with Crippen molar-refractivity contribution in [2.75, 3.05) is 13.7 Å². The van der Waals surface area contributed by atoms with Crippen molar-refractivity contribution >= 4 is 0 Å². The molecule has 3 heteroatoms. The molecule has 2 aromatic rings. The zero-order valence-corrected chi connectivity index (χ0v) is 11.3. The van der Waals surface area contributed by atoms with Gasteiger partial charge in [0.25, 0.3) is 0 Å². The van der Waals surface area contributed by atoms with Crippen molar-refractivity contribution in [3.05, 3.63) is 42.3 Å². The van der Waals surface area contributed by atoms with Gasteiger partial charge < -0.3 is 9.26 Å². The molecule has 0 aliphatic rings. The first-order valence-corrected chi connectivity index (χ1v) is 6.29. The molecule has 0 unspecified atom stereocenters. The third-order valence-corrected chi connectivity index (χ3v) is 2.51. The highest BCUT2D eigenvalue weighted by atomic mass is 16.5. The Labute approximate surface area is 109 Å². The fraction of sp³-hybridized carbons (Fsp3) is 0.400. The van der Waals surface area contributed by atoms with E-state index in [1.807, 2.05) is 0 Å². The normalized spacial score (nSPS) is 9.72. The van der Waals surface area contributed by atoms with Gasteiger partial charge in [0, 0.05) is 19.3 Å². The Morgan fingerprint density at radius 2 is 2.06 bits per heavy atom. The van der Waals surface area contributed by atoms with Gasteiger partial charge in [0.1, 0.15) is 6.26 Å². The van der Waals surface area contributed by atoms with Crippen molar-refractivity contribution < 1.29 is 9.26 Å². The Hall–Kier alpha value is -1.61. The molecule has 98 valence electrons. The van der Waals surface area contributed by atoms with Crippen LogP contribution in [0.2, 0.25) is 0 Å². The van der Waals surface area contributed by atoms with Gasteiger partial charge >= 0.3 is 0 Å². The van der Waals surface area contributed by atoms with E-state index in [1.54, 1.807) is 19.6 Å². The second kappa shape index (κ2) is 8.48. The van der Waals surface area contributed by atoms with Crippen LogP contribution >= 0.6 is 0 Å². The summed E-state index contributed by atoms with van der Waals surface area (Å²) in [4.78, 5) is 0. The molecule has 0 N–H and O–H groups in total. The van der Waals surface area contributed by atoms with Crippen LogP contribution in [-0.2, 0) is 11.2 Å². The van der Waals surface area contributed by atoms with E-state index >= 15 is 0 Å². The number of aromatic nitrogens is 1. The third-order valence-electron chi connectivity index (χ3n) is 2.51. The summed E-state index contributed by atoms with van der Waals surface area (Å²) < 4.78 is 9.48. The quantitative estimate of drug-likeness (QED) is 0.820. The zero-order valence-electron chi connectivity index (χ0n) is 11.3. The molecule has 0 bridgehead atoms. The molecule has 1 heterocycles. The molecular weight excluding hydrogens is 226 g/mol. The van der Waals surface area contributed by atoms with Crippen LogP contribution in [0.4, 0.5) is 0 Å². The lowest BCUT2D eigenvalue weighted by Gasteiger charge is -1.99. The molecule has 0 radical (unpaired) electrons. The van der Waals surface area contributed by atoms with Crippen LogP contribution in [0, 0.1) is 0 Å². The maximum absolute atomic E-state index is 4.79. The number of hydrogen-bond donors (Lipinski definition) is 0. The monoisotopic (exact) mass is 247 g/mol. The van der Waals surface area contributed by atoms with Crippen molar-refractivity contribution in [2.24, 2.45) is 0 Å². The molecule has 0 aliphatic heterocycles. The van der Waals surface area contributed by atoms with Crippen molar-refractivity contribution in [3.8, 4) is 11.1 Å². The topological polar surface area (TPSA) is 35.3 Å². The first-order valence-electron chi connectivity index (χ1n) is 6.29. The van der Waals surface area contributed by atoms with Gasteiger partial charge in [0.15, 0.2) is 0 Å². The molecule has 0 saturated carbocycles. The first kappa shape index (κ1) is 14.5. The smallest absolute Gasteiger partial charge is 0.131 e. The minimum atomic E-state index is 0.889. The van der Waals surface area contributed by atoms with Gasteiger partial charge in [0.2, 0.25) is 0 Å². The lowest BCUT2D eigenvalue weighted by Crippen LogP contribution is -1.80. The van der Waals surface area contributed by atoms with Crippen LogP contribution in [-0.4, -0.2) is 18.9 Å². The molecule has 1 aromatic carbocycles. The Kier molecular flexibility index (Phi) is 6.81. The molecule has 18 heavy (non-hydrogen) atoms. The zero-order chi connectivity index (χ0) is 13.2. The SMILES string of the molecule is CCCOC.CCc1cccc(-c2cnoc2)c1. The Bertz CT molecular complexity index is 422. The van der Waals surface area contributed by atoms with Gasteiger partial charge in [-0.15, -0.1) is 0 Å². The minimum Gasteiger partial charge on any atom is -0.385 e. The van der Waals surface area contributed by atoms with Gasteiger partial charge in [-0.05, 0) is 24.0 Å². The molecule has 0 aliphatic carbocycles. The largest absolute Gasteiger partial charge is 0.385 e. The number of benzene rings is 1. The predicted molar refractivity (Wildman–Crippen MR) is 73.5 cm³/mol. The van der Waals surface area contributed by atoms with Crippen molar-refractivity contribution in [1.82, 2.24) is 5.16 Å². The molecule has 0 spiro atoms. The summed E-state index contributed by atoms with van der Waals surface area (Å²) in [5.74, 6) is 0. The van der Waals surface area contributed by atoms with E-state index in [9.17, 15) is 0 Å². The van der Waals surface area contributed by atoms with Crippen LogP contribution < -0.4 is 0 Å². The van der Waals surface area contributed by atoms with Crippen molar-refractivity contribution in [2.45, 2.75) is 26.7 Å². The average molecular weight is 247 g/mol. The number of methoxy groups -OCH3 is 1. The van der Waals surface area contributed by atoms with Gasteiger partial charge in [-0.2, -0.15) is 0 Å². The number of ether oxygens (including phenoxy) is 1. The van der Waals surface area contributed by atoms with Crippen LogP contribution in [0.1, 0.15) is 25.8 Å². The molecule has 0 saturated heterocycles. The lowest BCUT2D eigenvalue weighted by molar-refractivity contribution is 0.199. The highest BCUT2D eigenvalue weighted by molar-refractivity contribution is 5.61. The number of nitrogens with zero attached hydrogens (tertiary/aromatic N) is 1. The molecular formula is C15H21NO2. The fourth-order valence-corrected chi connectivity index (χ4v) is 1.52. The maximum atomic E-state index is 4.79. The van der Waals surface area contributed by atoms with E-state index in [2.05, 4.69) is 43.3 Å². The van der Waals surface area contributed by atoms with E-state index in [4.69, 9.17) is 9.26 Å². The van der Waals surface area contributed by atoms with Crippen molar-refractivity contribution in [1.29, 1.82) is 0 Å². The second-order valence-electron chi connectivity index (χ2n) is 3.96. The summed E-state index contributed by atoms with van der Waals surface area (Å²) in [6.07, 6.45) is 5.57. The highest BCUT2D eigenvalue weighted by Gasteiger charge is 1.99. The summed E-state index contributed by atoms with van der Waals surface area (Å²) in [6.45, 7) is 5.12. The average Bonchev–Trinajstić information content (AvgIpc) is 2.94. The summed E-state index contributed by atoms with van der Waals surface area (Å²) in [5.41, 5.74) is 3.54. The lowest BCUT2D eigenvalue weighted by atomic mass is 10.1. The van der Waals surface area contributed by atoms with Gasteiger partial charge in [-0.25, -0.2) is 0 Å². The summed E-state index contributed by atoms with van der Waals surface area (Å²) in [6, 6.07) is 8.40. The van der Waals surface area contributed by atoms with Crippen LogP contribution in [0.5, 0.6) is 0 Å². The molecule has 0 atom stereocenters. The maximum Gasteiger partial charge on any atom is 0.131 e. The molecule has 1 aromatic heterocycles. The summed E-state index contributed by atoms with van der Waals surface area (Å²) in [5, 5.41) is 3.68. The Morgan fingerprint density at radius 1 is 1.22 bits per heavy atom. The van der Waals surface area contributed by atoms with Crippen LogP contribution in [0.25, 0.3) is 11.1 Å².